The first-order valence-corrected chi connectivity index (χ1v) is 9.73. The molecule has 26 heavy (non-hydrogen) atoms. The average molecular weight is 372 g/mol. The van der Waals surface area contributed by atoms with Crippen molar-refractivity contribution in [1.82, 2.24) is 10.2 Å². The summed E-state index contributed by atoms with van der Waals surface area (Å²) in [7, 11) is 0. The maximum atomic E-state index is 12.3. The molecule has 2 amide bonds. The number of ether oxygens (including phenoxy) is 1. The van der Waals surface area contributed by atoms with Gasteiger partial charge in [0.15, 0.2) is 6.61 Å². The summed E-state index contributed by atoms with van der Waals surface area (Å²) in [6, 6.07) is 9.65. The van der Waals surface area contributed by atoms with Gasteiger partial charge in [0.25, 0.3) is 11.8 Å². The van der Waals surface area contributed by atoms with Crippen LogP contribution in [0.2, 0.25) is 0 Å². The van der Waals surface area contributed by atoms with E-state index in [0.29, 0.717) is 18.8 Å². The molecule has 3 rings (SSSR count). The fourth-order valence-electron chi connectivity index (χ4n) is 3.00. The summed E-state index contributed by atoms with van der Waals surface area (Å²) in [4.78, 5) is 27.1. The van der Waals surface area contributed by atoms with Crippen molar-refractivity contribution in [3.05, 3.63) is 51.7 Å². The van der Waals surface area contributed by atoms with Gasteiger partial charge in [0.05, 0.1) is 4.88 Å². The zero-order valence-electron chi connectivity index (χ0n) is 15.2. The normalized spacial score (nSPS) is 14.9. The summed E-state index contributed by atoms with van der Waals surface area (Å²) in [6.07, 6.45) is 1.54. The van der Waals surface area contributed by atoms with E-state index in [1.165, 1.54) is 16.9 Å². The van der Waals surface area contributed by atoms with Crippen LogP contribution >= 0.6 is 11.3 Å². The van der Waals surface area contributed by atoms with Crippen LogP contribution in [-0.2, 0) is 4.79 Å². The molecule has 1 aromatic heterocycles. The van der Waals surface area contributed by atoms with Gasteiger partial charge in [-0.1, -0.05) is 12.1 Å². The van der Waals surface area contributed by atoms with E-state index in [0.717, 1.165) is 23.3 Å². The molecular weight excluding hydrogens is 348 g/mol. The van der Waals surface area contributed by atoms with Gasteiger partial charge in [-0.25, -0.2) is 0 Å². The van der Waals surface area contributed by atoms with Crippen LogP contribution < -0.4 is 10.1 Å². The molecule has 1 aliphatic heterocycles. The van der Waals surface area contributed by atoms with E-state index in [4.69, 9.17) is 4.74 Å². The Hall–Kier alpha value is -2.34. The predicted octanol–water partition coefficient (Wildman–Crippen LogP) is 3.16. The lowest BCUT2D eigenvalue weighted by Gasteiger charge is -2.32. The van der Waals surface area contributed by atoms with Crippen molar-refractivity contribution < 1.29 is 14.3 Å². The van der Waals surface area contributed by atoms with Gasteiger partial charge in [0.2, 0.25) is 0 Å². The molecule has 1 fully saturated rings. The highest BCUT2D eigenvalue weighted by Crippen LogP contribution is 2.18. The van der Waals surface area contributed by atoms with Crippen LogP contribution in [-0.4, -0.2) is 42.5 Å². The molecule has 0 bridgehead atoms. The van der Waals surface area contributed by atoms with Crippen LogP contribution in [0.4, 0.5) is 0 Å². The molecule has 6 heteroatoms. The summed E-state index contributed by atoms with van der Waals surface area (Å²) in [5.41, 5.74) is 2.34. The van der Waals surface area contributed by atoms with E-state index in [2.05, 4.69) is 5.32 Å². The number of hydrogen-bond acceptors (Lipinski definition) is 4. The van der Waals surface area contributed by atoms with Crippen molar-refractivity contribution in [2.75, 3.05) is 19.7 Å². The van der Waals surface area contributed by atoms with Gasteiger partial charge >= 0.3 is 0 Å². The summed E-state index contributed by atoms with van der Waals surface area (Å²) in [5.74, 6) is 0.675. The minimum Gasteiger partial charge on any atom is -0.484 e. The largest absolute Gasteiger partial charge is 0.484 e. The van der Waals surface area contributed by atoms with E-state index >= 15 is 0 Å². The molecule has 1 aromatic carbocycles. The van der Waals surface area contributed by atoms with Gasteiger partial charge in [-0.05, 0) is 61.4 Å². The average Bonchev–Trinajstić information content (AvgIpc) is 3.17. The molecule has 5 nitrogen and oxygen atoms in total. The fourth-order valence-corrected chi connectivity index (χ4v) is 3.70. The molecule has 0 saturated carbocycles. The molecule has 2 aromatic rings. The van der Waals surface area contributed by atoms with Crippen molar-refractivity contribution in [3.8, 4) is 5.75 Å². The Bertz CT molecular complexity index is 765. The summed E-state index contributed by atoms with van der Waals surface area (Å²) in [5, 5.41) is 4.92. The molecule has 0 unspecified atom stereocenters. The first kappa shape index (κ1) is 18.5. The van der Waals surface area contributed by atoms with Gasteiger partial charge in [0, 0.05) is 19.1 Å². The van der Waals surface area contributed by atoms with Gasteiger partial charge in [-0.2, -0.15) is 0 Å². The Morgan fingerprint density at radius 2 is 1.96 bits per heavy atom. The van der Waals surface area contributed by atoms with Crippen LogP contribution in [0, 0.1) is 13.8 Å². The maximum absolute atomic E-state index is 12.3. The van der Waals surface area contributed by atoms with Crippen LogP contribution in [0.3, 0.4) is 0 Å². The Morgan fingerprint density at radius 1 is 1.19 bits per heavy atom. The topological polar surface area (TPSA) is 58.6 Å². The lowest BCUT2D eigenvalue weighted by atomic mass is 10.0. The zero-order chi connectivity index (χ0) is 18.5. The lowest BCUT2D eigenvalue weighted by molar-refractivity contribution is -0.124. The standard InChI is InChI=1S/C20H24N2O3S/c1-14-5-6-17(12-15(14)2)25-13-19(23)21-16-7-9-22(10-8-16)20(24)18-4-3-11-26-18/h3-6,11-12,16H,7-10,13H2,1-2H3,(H,21,23). The first-order valence-electron chi connectivity index (χ1n) is 8.85. The molecule has 1 N–H and O–H groups in total. The number of nitrogens with zero attached hydrogens (tertiary/aromatic N) is 1. The van der Waals surface area contributed by atoms with Crippen LogP contribution in [0.5, 0.6) is 5.75 Å². The molecule has 138 valence electrons. The third kappa shape index (κ3) is 4.64. The third-order valence-corrected chi connectivity index (χ3v) is 5.59. The van der Waals surface area contributed by atoms with Crippen LogP contribution in [0.25, 0.3) is 0 Å². The summed E-state index contributed by atoms with van der Waals surface area (Å²) in [6.45, 7) is 5.41. The quantitative estimate of drug-likeness (QED) is 0.877. The van der Waals surface area contributed by atoms with Crippen molar-refractivity contribution in [2.24, 2.45) is 0 Å². The van der Waals surface area contributed by atoms with Gasteiger partial charge in [0.1, 0.15) is 5.75 Å². The van der Waals surface area contributed by atoms with Crippen molar-refractivity contribution in [1.29, 1.82) is 0 Å². The number of likely N-dealkylation sites (tertiary alicyclic amines) is 1. The van der Waals surface area contributed by atoms with Gasteiger partial charge in [-0.15, -0.1) is 11.3 Å². The minimum atomic E-state index is -0.119. The predicted molar refractivity (Wildman–Crippen MR) is 103 cm³/mol. The second-order valence-corrected chi connectivity index (χ2v) is 7.59. The van der Waals surface area contributed by atoms with Crippen molar-refractivity contribution >= 4 is 23.2 Å². The van der Waals surface area contributed by atoms with Crippen LogP contribution in [0.15, 0.2) is 35.7 Å². The second kappa shape index (κ2) is 8.36. The monoisotopic (exact) mass is 372 g/mol. The molecule has 1 aliphatic rings. The number of amides is 2. The number of benzene rings is 1. The van der Waals surface area contributed by atoms with E-state index in [1.807, 2.05) is 54.5 Å². The van der Waals surface area contributed by atoms with Crippen molar-refractivity contribution in [2.45, 2.75) is 32.7 Å². The van der Waals surface area contributed by atoms with Crippen LogP contribution in [0.1, 0.15) is 33.6 Å². The van der Waals surface area contributed by atoms with Gasteiger partial charge < -0.3 is 15.0 Å². The summed E-state index contributed by atoms with van der Waals surface area (Å²) < 4.78 is 5.58. The number of nitrogens with one attached hydrogen (secondary N) is 1. The number of piperidine rings is 1. The Morgan fingerprint density at radius 3 is 2.62 bits per heavy atom. The molecule has 0 aliphatic carbocycles. The molecule has 1 saturated heterocycles. The smallest absolute Gasteiger partial charge is 0.263 e. The van der Waals surface area contributed by atoms with E-state index < -0.39 is 0 Å². The second-order valence-electron chi connectivity index (χ2n) is 6.65. The van der Waals surface area contributed by atoms with Gasteiger partial charge in [-0.3, -0.25) is 9.59 Å². The maximum Gasteiger partial charge on any atom is 0.263 e. The fraction of sp³-hybridized carbons (Fsp3) is 0.400. The number of carbonyl (C=O) groups is 2. The number of thiophene rings is 1. The number of rotatable bonds is 5. The Balaban J connectivity index is 1.42. The number of aryl methyl sites for hydroxylation is 2. The number of hydrogen-bond donors (Lipinski definition) is 1. The molecular formula is C20H24N2O3S. The first-order chi connectivity index (χ1) is 12.5. The molecule has 0 spiro atoms. The highest BCUT2D eigenvalue weighted by molar-refractivity contribution is 7.12. The Kier molecular flexibility index (Phi) is 5.93. The van der Waals surface area contributed by atoms with E-state index in [1.54, 1.807) is 0 Å². The zero-order valence-corrected chi connectivity index (χ0v) is 16.0. The molecule has 0 radical (unpaired) electrons. The third-order valence-electron chi connectivity index (χ3n) is 4.73. The van der Waals surface area contributed by atoms with Crippen molar-refractivity contribution in [3.63, 3.8) is 0 Å². The summed E-state index contributed by atoms with van der Waals surface area (Å²) >= 11 is 1.46. The Labute approximate surface area is 158 Å². The minimum absolute atomic E-state index is 0.0108. The van der Waals surface area contributed by atoms with E-state index in [9.17, 15) is 9.59 Å². The number of carbonyl (C=O) groups excluding carboxylic acids is 2. The molecule has 2 heterocycles. The van der Waals surface area contributed by atoms with E-state index in [-0.39, 0.29) is 24.5 Å². The highest BCUT2D eigenvalue weighted by Gasteiger charge is 2.25. The molecule has 0 atom stereocenters. The SMILES string of the molecule is Cc1ccc(OCC(=O)NC2CCN(C(=O)c3cccs3)CC2)cc1C. The highest BCUT2D eigenvalue weighted by atomic mass is 32.1. The lowest BCUT2D eigenvalue weighted by Crippen LogP contribution is -2.47.